The van der Waals surface area contributed by atoms with Gasteiger partial charge in [-0.2, -0.15) is 0 Å². The van der Waals surface area contributed by atoms with E-state index in [9.17, 15) is 4.79 Å². The van der Waals surface area contributed by atoms with Gasteiger partial charge in [0, 0.05) is 38.4 Å². The van der Waals surface area contributed by atoms with Crippen molar-refractivity contribution in [3.8, 4) is 0 Å². The Kier molecular flexibility index (Phi) is 8.06. The molecule has 24 heavy (non-hydrogen) atoms. The van der Waals surface area contributed by atoms with Gasteiger partial charge in [-0.1, -0.05) is 18.2 Å². The topological polar surface area (TPSA) is 78.0 Å². The van der Waals surface area contributed by atoms with Crippen molar-refractivity contribution in [2.24, 2.45) is 4.99 Å². The predicted molar refractivity (Wildman–Crippen MR) is 96.3 cm³/mol. The van der Waals surface area contributed by atoms with Crippen LogP contribution in [-0.2, 0) is 9.53 Å². The molecule has 0 bridgehead atoms. The van der Waals surface area contributed by atoms with Crippen molar-refractivity contribution >= 4 is 17.6 Å². The molecule has 0 atom stereocenters. The van der Waals surface area contributed by atoms with E-state index in [0.29, 0.717) is 5.96 Å². The molecule has 1 fully saturated rings. The fraction of sp³-hybridized carbons (Fsp3) is 0.529. The summed E-state index contributed by atoms with van der Waals surface area (Å²) in [6, 6.07) is 9.39. The number of rotatable bonds is 7. The zero-order chi connectivity index (χ0) is 17.0. The molecule has 1 aromatic carbocycles. The number of carbonyl (C=O) groups is 1. The average molecular weight is 333 g/mol. The summed E-state index contributed by atoms with van der Waals surface area (Å²) < 4.78 is 5.34. The molecule has 0 radical (unpaired) electrons. The highest BCUT2D eigenvalue weighted by Gasteiger charge is 2.09. The van der Waals surface area contributed by atoms with Gasteiger partial charge in [-0.15, -0.1) is 0 Å². The highest BCUT2D eigenvalue weighted by Crippen LogP contribution is 2.04. The van der Waals surface area contributed by atoms with Crippen LogP contribution < -0.4 is 16.0 Å². The van der Waals surface area contributed by atoms with Crippen LogP contribution in [-0.4, -0.2) is 69.2 Å². The maximum atomic E-state index is 11.9. The largest absolute Gasteiger partial charge is 0.379 e. The van der Waals surface area contributed by atoms with Crippen molar-refractivity contribution in [1.29, 1.82) is 0 Å². The molecular weight excluding hydrogens is 306 g/mol. The minimum absolute atomic E-state index is 0.0851. The van der Waals surface area contributed by atoms with Gasteiger partial charge in [0.2, 0.25) is 5.91 Å². The SMILES string of the molecule is CCNC(=NCC(=O)Nc1ccccc1)NCCN1CCOCC1. The lowest BCUT2D eigenvalue weighted by Gasteiger charge is -2.26. The molecule has 0 unspecified atom stereocenters. The summed E-state index contributed by atoms with van der Waals surface area (Å²) in [7, 11) is 0. The lowest BCUT2D eigenvalue weighted by atomic mass is 10.3. The summed E-state index contributed by atoms with van der Waals surface area (Å²) in [4.78, 5) is 18.6. The highest BCUT2D eigenvalue weighted by molar-refractivity contribution is 5.94. The summed E-state index contributed by atoms with van der Waals surface area (Å²) in [5, 5.41) is 9.24. The number of amides is 1. The number of benzene rings is 1. The Balaban J connectivity index is 1.73. The van der Waals surface area contributed by atoms with Crippen LogP contribution in [0.25, 0.3) is 0 Å². The van der Waals surface area contributed by atoms with Crippen LogP contribution in [0.2, 0.25) is 0 Å². The van der Waals surface area contributed by atoms with Crippen LogP contribution in [0.3, 0.4) is 0 Å². The number of morpholine rings is 1. The Morgan fingerprint density at radius 2 is 1.96 bits per heavy atom. The van der Waals surface area contributed by atoms with E-state index < -0.39 is 0 Å². The molecule has 1 heterocycles. The van der Waals surface area contributed by atoms with E-state index in [-0.39, 0.29) is 12.5 Å². The smallest absolute Gasteiger partial charge is 0.246 e. The summed E-state index contributed by atoms with van der Waals surface area (Å²) >= 11 is 0. The standard InChI is InChI=1S/C17H27N5O2/c1-2-18-17(19-8-9-22-10-12-24-13-11-22)20-14-16(23)21-15-6-4-3-5-7-15/h3-7H,2,8-14H2,1H3,(H,21,23)(H2,18,19,20). The zero-order valence-electron chi connectivity index (χ0n) is 14.3. The molecule has 1 aliphatic heterocycles. The van der Waals surface area contributed by atoms with Crippen LogP contribution in [0.1, 0.15) is 6.92 Å². The van der Waals surface area contributed by atoms with Gasteiger partial charge in [-0.3, -0.25) is 9.69 Å². The van der Waals surface area contributed by atoms with Gasteiger partial charge in [0.25, 0.3) is 0 Å². The molecule has 1 saturated heterocycles. The molecule has 7 heteroatoms. The third-order valence-corrected chi connectivity index (χ3v) is 3.61. The molecular formula is C17H27N5O2. The maximum Gasteiger partial charge on any atom is 0.246 e. The third kappa shape index (κ3) is 6.97. The number of guanidine groups is 1. The molecule has 1 aliphatic rings. The van der Waals surface area contributed by atoms with Gasteiger partial charge in [0.1, 0.15) is 6.54 Å². The second-order valence-corrected chi connectivity index (χ2v) is 5.49. The normalized spacial score (nSPS) is 15.8. The second kappa shape index (κ2) is 10.6. The number of para-hydroxylation sites is 1. The summed E-state index contributed by atoms with van der Waals surface area (Å²) in [5.41, 5.74) is 0.781. The van der Waals surface area contributed by atoms with E-state index >= 15 is 0 Å². The Morgan fingerprint density at radius 3 is 2.67 bits per heavy atom. The van der Waals surface area contributed by atoms with Crippen molar-refractivity contribution in [3.63, 3.8) is 0 Å². The van der Waals surface area contributed by atoms with E-state index in [1.165, 1.54) is 0 Å². The number of anilines is 1. The first-order valence-corrected chi connectivity index (χ1v) is 8.45. The van der Waals surface area contributed by atoms with E-state index in [1.54, 1.807) is 0 Å². The average Bonchev–Trinajstić information content (AvgIpc) is 2.61. The summed E-state index contributed by atoms with van der Waals surface area (Å²) in [5.74, 6) is 0.528. The van der Waals surface area contributed by atoms with E-state index in [0.717, 1.165) is 51.6 Å². The predicted octanol–water partition coefficient (Wildman–Crippen LogP) is 0.512. The van der Waals surface area contributed by atoms with Crippen LogP contribution >= 0.6 is 0 Å². The van der Waals surface area contributed by atoms with Crippen molar-refractivity contribution in [2.75, 3.05) is 57.8 Å². The van der Waals surface area contributed by atoms with Crippen molar-refractivity contribution in [3.05, 3.63) is 30.3 Å². The first-order chi connectivity index (χ1) is 11.8. The van der Waals surface area contributed by atoms with Crippen LogP contribution in [0, 0.1) is 0 Å². The second-order valence-electron chi connectivity index (χ2n) is 5.49. The van der Waals surface area contributed by atoms with E-state index in [2.05, 4.69) is 25.8 Å². The molecule has 3 N–H and O–H groups in total. The first kappa shape index (κ1) is 18.2. The Morgan fingerprint density at radius 1 is 1.21 bits per heavy atom. The molecule has 0 saturated carbocycles. The third-order valence-electron chi connectivity index (χ3n) is 3.61. The first-order valence-electron chi connectivity index (χ1n) is 8.45. The van der Waals surface area contributed by atoms with Crippen LogP contribution in [0.4, 0.5) is 5.69 Å². The number of hydrogen-bond donors (Lipinski definition) is 3. The van der Waals surface area contributed by atoms with Gasteiger partial charge in [-0.25, -0.2) is 4.99 Å². The Labute approximate surface area is 143 Å². The number of carbonyl (C=O) groups excluding carboxylic acids is 1. The summed E-state index contributed by atoms with van der Waals surface area (Å²) in [6.45, 7) is 8.09. The Hall–Kier alpha value is -2.12. The fourth-order valence-corrected chi connectivity index (χ4v) is 2.37. The number of nitrogens with zero attached hydrogens (tertiary/aromatic N) is 2. The van der Waals surface area contributed by atoms with E-state index in [4.69, 9.17) is 4.74 Å². The molecule has 132 valence electrons. The van der Waals surface area contributed by atoms with Gasteiger partial charge in [0.15, 0.2) is 5.96 Å². The van der Waals surface area contributed by atoms with Gasteiger partial charge >= 0.3 is 0 Å². The number of hydrogen-bond acceptors (Lipinski definition) is 4. The molecule has 1 aromatic rings. The van der Waals surface area contributed by atoms with Crippen LogP contribution in [0.15, 0.2) is 35.3 Å². The minimum atomic E-state index is -0.133. The lowest BCUT2D eigenvalue weighted by molar-refractivity contribution is -0.114. The van der Waals surface area contributed by atoms with Crippen molar-refractivity contribution < 1.29 is 9.53 Å². The number of aliphatic imine (C=N–C) groups is 1. The zero-order valence-corrected chi connectivity index (χ0v) is 14.3. The Bertz CT molecular complexity index is 515. The van der Waals surface area contributed by atoms with E-state index in [1.807, 2.05) is 37.3 Å². The highest BCUT2D eigenvalue weighted by atomic mass is 16.5. The monoisotopic (exact) mass is 333 g/mol. The van der Waals surface area contributed by atoms with Crippen LogP contribution in [0.5, 0.6) is 0 Å². The van der Waals surface area contributed by atoms with Crippen molar-refractivity contribution in [2.45, 2.75) is 6.92 Å². The quantitative estimate of drug-likeness (QED) is 0.501. The fourth-order valence-electron chi connectivity index (χ4n) is 2.37. The number of ether oxygens (including phenoxy) is 1. The minimum Gasteiger partial charge on any atom is -0.379 e. The molecule has 0 spiro atoms. The van der Waals surface area contributed by atoms with Gasteiger partial charge in [0.05, 0.1) is 13.2 Å². The lowest BCUT2D eigenvalue weighted by Crippen LogP contribution is -2.44. The van der Waals surface area contributed by atoms with Gasteiger partial charge in [-0.05, 0) is 19.1 Å². The summed E-state index contributed by atoms with van der Waals surface area (Å²) in [6.07, 6.45) is 0. The van der Waals surface area contributed by atoms with Crippen molar-refractivity contribution in [1.82, 2.24) is 15.5 Å². The molecule has 1 amide bonds. The number of nitrogens with one attached hydrogen (secondary N) is 3. The van der Waals surface area contributed by atoms with Gasteiger partial charge < -0.3 is 20.7 Å². The molecule has 0 aliphatic carbocycles. The maximum absolute atomic E-state index is 11.9. The molecule has 2 rings (SSSR count). The molecule has 0 aromatic heterocycles. The molecule has 7 nitrogen and oxygen atoms in total.